The van der Waals surface area contributed by atoms with Crippen LogP contribution < -0.4 is 4.90 Å². The van der Waals surface area contributed by atoms with Gasteiger partial charge in [-0.2, -0.15) is 0 Å². The van der Waals surface area contributed by atoms with Crippen LogP contribution in [0.15, 0.2) is 77.3 Å². The molecule has 0 radical (unpaired) electrons. The van der Waals surface area contributed by atoms with Gasteiger partial charge in [0.05, 0.1) is 39.3 Å². The van der Waals surface area contributed by atoms with Crippen LogP contribution in [0.25, 0.3) is 22.2 Å². The molecular weight excluding hydrogens is 667 g/mol. The Morgan fingerprint density at radius 3 is 2.18 bits per heavy atom. The van der Waals surface area contributed by atoms with Crippen LogP contribution in [0.2, 0.25) is 10.0 Å². The molecule has 0 spiro atoms. The van der Waals surface area contributed by atoms with Crippen molar-refractivity contribution in [2.75, 3.05) is 4.90 Å². The van der Waals surface area contributed by atoms with Crippen LogP contribution in [0.4, 0.5) is 5.69 Å². The number of amides is 2. The van der Waals surface area contributed by atoms with Crippen molar-refractivity contribution < 1.29 is 23.9 Å². The molecule has 222 valence electrons. The minimum atomic E-state index is -1.07. The van der Waals surface area contributed by atoms with E-state index in [2.05, 4.69) is 15.9 Å². The molecule has 3 unspecified atom stereocenters. The topological polar surface area (TPSA) is 93.6 Å². The molecule has 2 amide bonds. The number of Topliss-reactive ketones (excluding diaryl/α,β-unsaturated/α-hetero) is 1. The number of allylic oxidation sites excluding steroid dienone is 2. The Balaban J connectivity index is 1.35. The summed E-state index contributed by atoms with van der Waals surface area (Å²) >= 11 is 15.9. The zero-order chi connectivity index (χ0) is 31.3. The Bertz CT molecular complexity index is 1860. The lowest BCUT2D eigenvalue weighted by molar-refractivity contribution is -0.122. The van der Waals surface area contributed by atoms with Gasteiger partial charge >= 0.3 is 5.97 Å². The van der Waals surface area contributed by atoms with Crippen molar-refractivity contribution in [3.05, 3.63) is 104 Å². The van der Waals surface area contributed by atoms with E-state index in [4.69, 9.17) is 32.9 Å². The predicted octanol–water partition coefficient (Wildman–Crippen LogP) is 8.16. The maximum Gasteiger partial charge on any atom is 0.339 e. The molecule has 2 aliphatic rings. The largest absolute Gasteiger partial charge is 0.451 e. The van der Waals surface area contributed by atoms with Gasteiger partial charge in [0, 0.05) is 26.0 Å². The van der Waals surface area contributed by atoms with Crippen molar-refractivity contribution in [2.24, 2.45) is 11.8 Å². The highest BCUT2D eigenvalue weighted by molar-refractivity contribution is 9.10. The molecule has 3 atom stereocenters. The SMILES string of the molecule is Cc1c(Cl)c(Br)cc2c(C(=O)OC(C)C(=O)c3ccc(Cl)cc3)cc(-c3ccc(N4C(=O)C5CC=CCC5C4=O)cc3)nc12. The number of hydrogen-bond acceptors (Lipinski definition) is 6. The highest BCUT2D eigenvalue weighted by atomic mass is 79.9. The molecule has 7 nitrogen and oxygen atoms in total. The number of aromatic nitrogens is 1. The smallest absolute Gasteiger partial charge is 0.339 e. The summed E-state index contributed by atoms with van der Waals surface area (Å²) in [7, 11) is 0. The number of carbonyl (C=O) groups is 4. The molecule has 10 heteroatoms. The van der Waals surface area contributed by atoms with E-state index in [0.717, 1.165) is 0 Å². The van der Waals surface area contributed by atoms with E-state index < -0.39 is 12.1 Å². The van der Waals surface area contributed by atoms with Crippen molar-refractivity contribution in [1.82, 2.24) is 4.98 Å². The number of ketones is 1. The number of ether oxygens (including phenoxy) is 1. The zero-order valence-corrected chi connectivity index (χ0v) is 26.7. The predicted molar refractivity (Wildman–Crippen MR) is 173 cm³/mol. The first-order valence-electron chi connectivity index (χ1n) is 14.0. The lowest BCUT2D eigenvalue weighted by atomic mass is 9.85. The number of fused-ring (bicyclic) bond motifs is 2. The molecule has 1 aliphatic heterocycles. The number of halogens is 3. The van der Waals surface area contributed by atoms with Crippen LogP contribution in [0, 0.1) is 18.8 Å². The van der Waals surface area contributed by atoms with Gasteiger partial charge in [-0.1, -0.05) is 47.5 Å². The second kappa shape index (κ2) is 11.9. The second-order valence-corrected chi connectivity index (χ2v) is 12.6. The van der Waals surface area contributed by atoms with Gasteiger partial charge in [-0.05, 0) is 96.7 Å². The summed E-state index contributed by atoms with van der Waals surface area (Å²) in [6.45, 7) is 3.32. The number of pyridine rings is 1. The fraction of sp³-hybridized carbons (Fsp3) is 0.206. The van der Waals surface area contributed by atoms with Crippen molar-refractivity contribution in [1.29, 1.82) is 0 Å². The first kappa shape index (κ1) is 30.2. The lowest BCUT2D eigenvalue weighted by Gasteiger charge is -2.17. The molecule has 0 saturated carbocycles. The normalized spacial score (nSPS) is 18.4. The Morgan fingerprint density at radius 1 is 0.955 bits per heavy atom. The first-order valence-corrected chi connectivity index (χ1v) is 15.5. The van der Waals surface area contributed by atoms with Crippen LogP contribution in [0.5, 0.6) is 0 Å². The van der Waals surface area contributed by atoms with Gasteiger partial charge in [0.15, 0.2) is 6.10 Å². The Hall–Kier alpha value is -3.85. The molecule has 1 saturated heterocycles. The molecule has 0 N–H and O–H groups in total. The number of rotatable bonds is 6. The third-order valence-electron chi connectivity index (χ3n) is 8.15. The molecule has 44 heavy (non-hydrogen) atoms. The lowest BCUT2D eigenvalue weighted by Crippen LogP contribution is -2.30. The number of aryl methyl sites for hydroxylation is 1. The van der Waals surface area contributed by atoms with Gasteiger partial charge in [0.25, 0.3) is 0 Å². The van der Waals surface area contributed by atoms with E-state index in [1.807, 2.05) is 12.2 Å². The fourth-order valence-electron chi connectivity index (χ4n) is 5.74. The Kier molecular flexibility index (Phi) is 8.18. The number of benzene rings is 3. The average Bonchev–Trinajstić information content (AvgIpc) is 3.28. The van der Waals surface area contributed by atoms with Gasteiger partial charge in [-0.3, -0.25) is 19.3 Å². The van der Waals surface area contributed by atoms with Gasteiger partial charge in [-0.25, -0.2) is 9.78 Å². The maximum atomic E-state index is 13.6. The molecule has 0 bridgehead atoms. The monoisotopic (exact) mass is 690 g/mol. The molecule has 1 aromatic heterocycles. The van der Waals surface area contributed by atoms with Crippen LogP contribution in [-0.2, 0) is 14.3 Å². The molecular formula is C34H25BrCl2N2O5. The molecule has 1 aliphatic carbocycles. The summed E-state index contributed by atoms with van der Waals surface area (Å²) in [5.41, 5.74) is 3.29. The third kappa shape index (κ3) is 5.36. The quantitative estimate of drug-likeness (QED) is 0.0877. The number of esters is 1. The maximum absolute atomic E-state index is 13.6. The summed E-state index contributed by atoms with van der Waals surface area (Å²) in [5, 5.41) is 1.44. The van der Waals surface area contributed by atoms with Crippen molar-refractivity contribution in [2.45, 2.75) is 32.8 Å². The summed E-state index contributed by atoms with van der Waals surface area (Å²) in [6.07, 6.45) is 3.96. The summed E-state index contributed by atoms with van der Waals surface area (Å²) in [4.78, 5) is 58.8. The molecule has 4 aromatic rings. The van der Waals surface area contributed by atoms with Crippen LogP contribution >= 0.6 is 39.1 Å². The van der Waals surface area contributed by atoms with Crippen LogP contribution in [0.1, 0.15) is 46.0 Å². The van der Waals surface area contributed by atoms with Gasteiger partial charge in [0.2, 0.25) is 17.6 Å². The Labute approximate surface area is 271 Å². The van der Waals surface area contributed by atoms with Gasteiger partial charge in [0.1, 0.15) is 0 Å². The van der Waals surface area contributed by atoms with Crippen molar-refractivity contribution in [3.63, 3.8) is 0 Å². The minimum Gasteiger partial charge on any atom is -0.451 e. The molecule has 3 aromatic carbocycles. The minimum absolute atomic E-state index is 0.191. The second-order valence-electron chi connectivity index (χ2n) is 10.9. The Morgan fingerprint density at radius 2 is 1.57 bits per heavy atom. The van der Waals surface area contributed by atoms with Crippen LogP contribution in [0.3, 0.4) is 0 Å². The third-order valence-corrected chi connectivity index (χ3v) is 9.75. The number of nitrogens with zero attached hydrogens (tertiary/aromatic N) is 2. The van der Waals surface area contributed by atoms with Crippen molar-refractivity contribution in [3.8, 4) is 11.3 Å². The number of anilines is 1. The fourth-order valence-corrected chi connectivity index (χ4v) is 6.54. The van der Waals surface area contributed by atoms with Gasteiger partial charge in [-0.15, -0.1) is 0 Å². The number of carbonyl (C=O) groups excluding carboxylic acids is 4. The highest BCUT2D eigenvalue weighted by Crippen LogP contribution is 2.39. The number of imide groups is 1. The van der Waals surface area contributed by atoms with Gasteiger partial charge < -0.3 is 4.74 Å². The summed E-state index contributed by atoms with van der Waals surface area (Å²) < 4.78 is 6.25. The van der Waals surface area contributed by atoms with E-state index in [-0.39, 0.29) is 35.0 Å². The number of hydrogen-bond donors (Lipinski definition) is 0. The molecule has 2 heterocycles. The van der Waals surface area contributed by atoms with E-state index in [9.17, 15) is 19.2 Å². The van der Waals surface area contributed by atoms with Crippen LogP contribution in [-0.4, -0.2) is 34.7 Å². The van der Waals surface area contributed by atoms with Crippen molar-refractivity contribution >= 4 is 79.3 Å². The zero-order valence-electron chi connectivity index (χ0n) is 23.6. The average molecular weight is 692 g/mol. The van der Waals surface area contributed by atoms with E-state index >= 15 is 0 Å². The van der Waals surface area contributed by atoms with E-state index in [0.29, 0.717) is 66.3 Å². The molecule has 6 rings (SSSR count). The summed E-state index contributed by atoms with van der Waals surface area (Å²) in [5.74, 6) is -2.12. The standard InChI is InChI=1S/C34H25BrCl2N2O5/c1-17-29(37)27(35)15-25-26(34(43)44-18(2)31(40)20-7-11-21(36)12-8-20)16-28(38-30(17)25)19-9-13-22(14-10-19)39-32(41)23-5-3-4-6-24(23)33(39)42/h3-4,7-16,18,23-24H,5-6H2,1-2H3. The first-order chi connectivity index (χ1) is 21.0. The molecule has 1 fully saturated rings. The van der Waals surface area contributed by atoms with E-state index in [1.54, 1.807) is 67.6 Å². The highest BCUT2D eigenvalue weighted by Gasteiger charge is 2.47. The van der Waals surface area contributed by atoms with E-state index in [1.165, 1.54) is 11.8 Å². The summed E-state index contributed by atoms with van der Waals surface area (Å²) in [6, 6.07) is 16.6.